The number of hydrogen-bond donors (Lipinski definition) is 1. The lowest BCUT2D eigenvalue weighted by Gasteiger charge is -2.18. The predicted octanol–water partition coefficient (Wildman–Crippen LogP) is 4.38. The molecule has 0 radical (unpaired) electrons. The summed E-state index contributed by atoms with van der Waals surface area (Å²) in [7, 11) is 1.44. The molecule has 0 saturated carbocycles. The quantitative estimate of drug-likeness (QED) is 0.145. The van der Waals surface area contributed by atoms with Gasteiger partial charge in [-0.25, -0.2) is 0 Å². The minimum atomic E-state index is -0.960. The van der Waals surface area contributed by atoms with Crippen LogP contribution < -0.4 is 4.74 Å². The molecule has 2 heterocycles. The zero-order chi connectivity index (χ0) is 20.4. The molecule has 1 atom stereocenters. The Kier molecular flexibility index (Phi) is 6.25. The minimum Gasteiger partial charge on any atom is -0.497 e. The molecule has 11 heteroatoms. The molecule has 28 heavy (non-hydrogen) atoms. The molecule has 1 aromatic heterocycles. The molecular formula is C17H13IN2O6S2. The molecule has 1 unspecified atom stereocenters. The number of alkyl halides is 1. The smallest absolute Gasteiger partial charge is 0.323 e. The van der Waals surface area contributed by atoms with Gasteiger partial charge in [-0.05, 0) is 30.3 Å². The van der Waals surface area contributed by atoms with Crippen LogP contribution >= 0.6 is 46.6 Å². The molecule has 8 nitrogen and oxygen atoms in total. The number of thiocarbonyl (C=S) groups is 1. The summed E-state index contributed by atoms with van der Waals surface area (Å²) in [6.45, 7) is -0.182. The Morgan fingerprint density at radius 1 is 1.50 bits per heavy atom. The Morgan fingerprint density at radius 3 is 2.89 bits per heavy atom. The van der Waals surface area contributed by atoms with Crippen molar-refractivity contribution in [3.8, 4) is 17.1 Å². The summed E-state index contributed by atoms with van der Waals surface area (Å²) < 4.78 is 11.1. The fraction of sp³-hybridized carbons (Fsp3) is 0.176. The second-order valence-corrected chi connectivity index (χ2v) is 8.50. The number of nitro groups is 1. The Balaban J connectivity index is 1.89. The van der Waals surface area contributed by atoms with Gasteiger partial charge >= 0.3 is 5.97 Å². The number of methoxy groups -OCH3 is 1. The molecule has 1 aliphatic rings. The first-order chi connectivity index (χ1) is 13.3. The third kappa shape index (κ3) is 4.31. The second kappa shape index (κ2) is 8.49. The van der Waals surface area contributed by atoms with Gasteiger partial charge in [0.25, 0.3) is 5.69 Å². The van der Waals surface area contributed by atoms with Crippen LogP contribution in [0.1, 0.15) is 5.76 Å². The van der Waals surface area contributed by atoms with Crippen molar-refractivity contribution in [1.29, 1.82) is 0 Å². The van der Waals surface area contributed by atoms with Gasteiger partial charge in [-0.3, -0.25) is 14.9 Å². The highest BCUT2D eigenvalue weighted by Gasteiger charge is 2.33. The molecule has 146 valence electrons. The molecule has 3 rings (SSSR count). The number of halogens is 1. The number of carbonyl (C=O) groups is 1. The van der Waals surface area contributed by atoms with E-state index >= 15 is 0 Å². The highest BCUT2D eigenvalue weighted by molar-refractivity contribution is 14.1. The van der Waals surface area contributed by atoms with Crippen LogP contribution in [0.5, 0.6) is 5.75 Å². The summed E-state index contributed by atoms with van der Waals surface area (Å²) in [5, 5.41) is 20.4. The maximum absolute atomic E-state index is 11.4. The van der Waals surface area contributed by atoms with Crippen molar-refractivity contribution >= 4 is 68.6 Å². The van der Waals surface area contributed by atoms with E-state index in [9.17, 15) is 14.9 Å². The third-order valence-electron chi connectivity index (χ3n) is 3.83. The van der Waals surface area contributed by atoms with Gasteiger partial charge in [0.05, 0.1) is 23.7 Å². The van der Waals surface area contributed by atoms with Gasteiger partial charge in [0.1, 0.15) is 32.2 Å². The molecule has 1 saturated heterocycles. The number of rotatable bonds is 6. The molecule has 0 aliphatic carbocycles. The van der Waals surface area contributed by atoms with Crippen LogP contribution in [-0.2, 0) is 4.79 Å². The maximum atomic E-state index is 11.4. The largest absolute Gasteiger partial charge is 0.497 e. The summed E-state index contributed by atoms with van der Waals surface area (Å²) in [6.07, 6.45) is 1.76. The SMILES string of the molecule is COc1ccc(-c2ccc(/C=C3/SC(=S)N(CC(=O)O)C3I)o2)c([N+](=O)[O-])c1. The van der Waals surface area contributed by atoms with Gasteiger partial charge in [0.2, 0.25) is 0 Å². The number of nitrogens with zero attached hydrogens (tertiary/aromatic N) is 2. The highest BCUT2D eigenvalue weighted by atomic mass is 127. The monoisotopic (exact) mass is 532 g/mol. The van der Waals surface area contributed by atoms with E-state index in [1.165, 1.54) is 24.9 Å². The Bertz CT molecular complexity index is 990. The lowest BCUT2D eigenvalue weighted by atomic mass is 10.1. The molecule has 0 amide bonds. The Hall–Kier alpha value is -2.12. The van der Waals surface area contributed by atoms with E-state index in [4.69, 9.17) is 26.5 Å². The third-order valence-corrected chi connectivity index (χ3v) is 7.07. The molecule has 0 bridgehead atoms. The molecule has 1 aromatic carbocycles. The van der Waals surface area contributed by atoms with Gasteiger partial charge in [-0.1, -0.05) is 46.6 Å². The zero-order valence-corrected chi connectivity index (χ0v) is 18.1. The van der Waals surface area contributed by atoms with Crippen LogP contribution in [0.25, 0.3) is 17.4 Å². The highest BCUT2D eigenvalue weighted by Crippen LogP contribution is 2.41. The van der Waals surface area contributed by atoms with Crippen molar-refractivity contribution in [1.82, 2.24) is 4.90 Å². The zero-order valence-electron chi connectivity index (χ0n) is 14.3. The average Bonchev–Trinajstić information content (AvgIpc) is 3.21. The molecule has 2 aromatic rings. The topological polar surface area (TPSA) is 106 Å². The molecular weight excluding hydrogens is 519 g/mol. The molecule has 1 N–H and O–H groups in total. The summed E-state index contributed by atoms with van der Waals surface area (Å²) in [4.78, 5) is 24.3. The first-order valence-electron chi connectivity index (χ1n) is 7.78. The van der Waals surface area contributed by atoms with Crippen molar-refractivity contribution in [2.75, 3.05) is 13.7 Å². The number of furan rings is 1. The number of aliphatic carboxylic acids is 1. The van der Waals surface area contributed by atoms with Crippen LogP contribution in [0.15, 0.2) is 39.7 Å². The van der Waals surface area contributed by atoms with E-state index in [2.05, 4.69) is 22.6 Å². The summed E-state index contributed by atoms with van der Waals surface area (Å²) >= 11 is 8.66. The standard InChI is InChI=1S/C17H13IN2O6S2/c1-25-9-2-4-11(12(6-9)20(23)24)13-5-3-10(26-13)7-14-16(18)19(8-15(21)22)17(27)28-14/h2-7,16H,8H2,1H3,(H,21,22)/b14-7+. The molecule has 0 spiro atoms. The van der Waals surface area contributed by atoms with Crippen LogP contribution in [-0.4, -0.2) is 42.9 Å². The fourth-order valence-corrected chi connectivity index (χ4v) is 5.32. The van der Waals surface area contributed by atoms with Crippen molar-refractivity contribution in [3.63, 3.8) is 0 Å². The van der Waals surface area contributed by atoms with E-state index in [1.54, 1.807) is 35.2 Å². The normalized spacial score (nSPS) is 17.9. The number of benzene rings is 1. The van der Waals surface area contributed by atoms with Crippen molar-refractivity contribution in [3.05, 3.63) is 51.1 Å². The van der Waals surface area contributed by atoms with Crippen molar-refractivity contribution < 1.29 is 24.0 Å². The van der Waals surface area contributed by atoms with Crippen LogP contribution in [0.2, 0.25) is 0 Å². The van der Waals surface area contributed by atoms with Gasteiger partial charge in [0.15, 0.2) is 0 Å². The number of nitro benzene ring substituents is 1. The van der Waals surface area contributed by atoms with Crippen molar-refractivity contribution in [2.24, 2.45) is 0 Å². The number of hydrogen-bond acceptors (Lipinski definition) is 7. The number of carboxylic acids is 1. The van der Waals surface area contributed by atoms with E-state index in [1.807, 2.05) is 0 Å². The van der Waals surface area contributed by atoms with Gasteiger partial charge in [0, 0.05) is 4.91 Å². The number of thioether (sulfide) groups is 1. The lowest BCUT2D eigenvalue weighted by Crippen LogP contribution is -2.33. The summed E-state index contributed by atoms with van der Waals surface area (Å²) in [6, 6.07) is 7.88. The molecule has 1 aliphatic heterocycles. The second-order valence-electron chi connectivity index (χ2n) is 5.61. The maximum Gasteiger partial charge on any atom is 0.323 e. The predicted molar refractivity (Wildman–Crippen MR) is 118 cm³/mol. The average molecular weight is 532 g/mol. The first kappa shape index (κ1) is 20.6. The van der Waals surface area contributed by atoms with Crippen molar-refractivity contribution in [2.45, 2.75) is 4.05 Å². The van der Waals surface area contributed by atoms with E-state index in [0.717, 1.165) is 4.91 Å². The van der Waals surface area contributed by atoms with Gasteiger partial charge in [-0.15, -0.1) is 0 Å². The minimum absolute atomic E-state index is 0.122. The van der Waals surface area contributed by atoms with Crippen LogP contribution in [0, 0.1) is 10.1 Å². The first-order valence-corrected chi connectivity index (χ1v) is 10.3. The van der Waals surface area contributed by atoms with Crippen LogP contribution in [0.4, 0.5) is 5.69 Å². The van der Waals surface area contributed by atoms with E-state index < -0.39 is 10.9 Å². The van der Waals surface area contributed by atoms with E-state index in [-0.39, 0.29) is 16.3 Å². The number of carboxylic acid groups (broad SMARTS) is 1. The lowest BCUT2D eigenvalue weighted by molar-refractivity contribution is -0.384. The Labute approximate surface area is 182 Å². The summed E-state index contributed by atoms with van der Waals surface area (Å²) in [5.41, 5.74) is 0.215. The molecule has 1 fully saturated rings. The number of ether oxygens (including phenoxy) is 1. The van der Waals surface area contributed by atoms with Gasteiger partial charge < -0.3 is 19.2 Å². The van der Waals surface area contributed by atoms with Gasteiger partial charge in [-0.2, -0.15) is 0 Å². The van der Waals surface area contributed by atoms with Crippen LogP contribution in [0.3, 0.4) is 0 Å². The van der Waals surface area contributed by atoms with E-state index in [0.29, 0.717) is 27.2 Å². The Morgan fingerprint density at radius 2 is 2.25 bits per heavy atom. The fourth-order valence-electron chi connectivity index (χ4n) is 2.56. The summed E-state index contributed by atoms with van der Waals surface area (Å²) in [5.74, 6) is 0.257.